The highest BCUT2D eigenvalue weighted by atomic mass is 19.4. The number of hydrogen-bond acceptors (Lipinski definition) is 5. The van der Waals surface area contributed by atoms with Gasteiger partial charge in [-0.05, 0) is 75.4 Å². The fourth-order valence-electron chi connectivity index (χ4n) is 4.32. The smallest absolute Gasteiger partial charge is 0.433 e. The Kier molecular flexibility index (Phi) is 5.86. The summed E-state index contributed by atoms with van der Waals surface area (Å²) in [4.78, 5) is 10.6. The van der Waals surface area contributed by atoms with Crippen molar-refractivity contribution >= 4 is 0 Å². The summed E-state index contributed by atoms with van der Waals surface area (Å²) in [6.45, 7) is 6.51. The molecular weight excluding hydrogens is 395 g/mol. The molecule has 0 bridgehead atoms. The normalized spacial score (nSPS) is 20.8. The summed E-state index contributed by atoms with van der Waals surface area (Å²) < 4.78 is 50.5. The van der Waals surface area contributed by atoms with Crippen LogP contribution < -0.4 is 9.47 Å². The van der Waals surface area contributed by atoms with Crippen molar-refractivity contribution < 1.29 is 22.6 Å². The first-order valence-corrected chi connectivity index (χ1v) is 10.3. The highest BCUT2D eigenvalue weighted by molar-refractivity contribution is 5.36. The lowest BCUT2D eigenvalue weighted by Crippen LogP contribution is -2.38. The van der Waals surface area contributed by atoms with Crippen LogP contribution in [0, 0.1) is 12.8 Å². The van der Waals surface area contributed by atoms with Gasteiger partial charge in [0.2, 0.25) is 0 Å². The predicted molar refractivity (Wildman–Crippen MR) is 106 cm³/mol. The van der Waals surface area contributed by atoms with Crippen LogP contribution in [0.25, 0.3) is 0 Å². The molecule has 0 spiro atoms. The average Bonchev–Trinajstić information content (AvgIpc) is 2.72. The van der Waals surface area contributed by atoms with Crippen molar-refractivity contribution in [3.05, 3.63) is 46.9 Å². The van der Waals surface area contributed by atoms with Gasteiger partial charge in [-0.15, -0.1) is 0 Å². The minimum absolute atomic E-state index is 0.0912. The Morgan fingerprint density at radius 1 is 1.17 bits per heavy atom. The largest absolute Gasteiger partial charge is 0.484 e. The van der Waals surface area contributed by atoms with Gasteiger partial charge < -0.3 is 9.47 Å². The van der Waals surface area contributed by atoms with Gasteiger partial charge in [0, 0.05) is 18.3 Å². The molecule has 0 N–H and O–H groups in total. The summed E-state index contributed by atoms with van der Waals surface area (Å²) in [5.74, 6) is 1.50. The number of hydrogen-bond donors (Lipinski definition) is 0. The zero-order valence-electron chi connectivity index (χ0n) is 17.2. The first-order chi connectivity index (χ1) is 14.3. The van der Waals surface area contributed by atoms with Crippen LogP contribution in [0.1, 0.15) is 48.5 Å². The summed E-state index contributed by atoms with van der Waals surface area (Å²) in [6, 6.07) is 6.91. The van der Waals surface area contributed by atoms with Gasteiger partial charge in [0.25, 0.3) is 5.88 Å². The van der Waals surface area contributed by atoms with Crippen LogP contribution in [0.2, 0.25) is 0 Å². The molecule has 30 heavy (non-hydrogen) atoms. The van der Waals surface area contributed by atoms with E-state index in [1.807, 2.05) is 12.1 Å². The number of likely N-dealkylation sites (tertiary alicyclic amines) is 1. The molecule has 1 fully saturated rings. The monoisotopic (exact) mass is 421 g/mol. The van der Waals surface area contributed by atoms with E-state index in [1.165, 1.54) is 6.07 Å². The molecule has 1 saturated heterocycles. The fourth-order valence-corrected chi connectivity index (χ4v) is 4.32. The molecule has 1 unspecified atom stereocenters. The Bertz CT molecular complexity index is 904. The number of aryl methyl sites for hydroxylation is 1. The number of nitrogens with zero attached hydrogens (tertiary/aromatic N) is 3. The Morgan fingerprint density at radius 3 is 2.77 bits per heavy atom. The first kappa shape index (κ1) is 20.9. The maximum absolute atomic E-state index is 13.1. The summed E-state index contributed by atoms with van der Waals surface area (Å²) in [5, 5.41) is 0. The molecular formula is C22H26F3N3O2. The molecule has 0 saturated carbocycles. The third-order valence-corrected chi connectivity index (χ3v) is 5.78. The molecule has 4 heterocycles. The van der Waals surface area contributed by atoms with Crippen LogP contribution in [-0.4, -0.2) is 41.2 Å². The van der Waals surface area contributed by atoms with Gasteiger partial charge in [0.1, 0.15) is 18.9 Å². The van der Waals surface area contributed by atoms with Crippen LogP contribution in [0.15, 0.2) is 24.3 Å². The lowest BCUT2D eigenvalue weighted by atomic mass is 9.90. The van der Waals surface area contributed by atoms with Gasteiger partial charge >= 0.3 is 6.18 Å². The van der Waals surface area contributed by atoms with Crippen LogP contribution in [-0.2, 0) is 12.6 Å². The number of pyridine rings is 2. The SMILES string of the molecule is Cc1cc(C[C@H]2CCCN(C(C)c3ccc4c(n3)OCCO4)C2)cc(C(F)(F)F)n1. The van der Waals surface area contributed by atoms with Crippen molar-refractivity contribution in [1.29, 1.82) is 0 Å². The van der Waals surface area contributed by atoms with E-state index in [4.69, 9.17) is 9.47 Å². The van der Waals surface area contributed by atoms with Crippen molar-refractivity contribution in [2.45, 2.75) is 45.3 Å². The zero-order chi connectivity index (χ0) is 21.3. The molecule has 0 aromatic carbocycles. The Labute approximate surface area is 174 Å². The van der Waals surface area contributed by atoms with E-state index in [-0.39, 0.29) is 6.04 Å². The molecule has 2 aliphatic rings. The number of ether oxygens (including phenoxy) is 2. The molecule has 4 rings (SSSR count). The number of alkyl halides is 3. The summed E-state index contributed by atoms with van der Waals surface area (Å²) in [5.41, 5.74) is 1.21. The van der Waals surface area contributed by atoms with Gasteiger partial charge in [-0.3, -0.25) is 4.90 Å². The molecule has 0 radical (unpaired) electrons. The number of halogens is 3. The highest BCUT2D eigenvalue weighted by Gasteiger charge is 2.33. The molecule has 2 aromatic heterocycles. The first-order valence-electron chi connectivity index (χ1n) is 10.3. The minimum Gasteiger partial charge on any atom is -0.484 e. The van der Waals surface area contributed by atoms with Gasteiger partial charge in [0.15, 0.2) is 5.75 Å². The van der Waals surface area contributed by atoms with Gasteiger partial charge in [-0.2, -0.15) is 13.2 Å². The Balaban J connectivity index is 1.45. The number of aromatic nitrogens is 2. The van der Waals surface area contributed by atoms with E-state index in [2.05, 4.69) is 21.8 Å². The van der Waals surface area contributed by atoms with E-state index in [9.17, 15) is 13.2 Å². The standard InChI is InChI=1S/C22H26F3N3O2/c1-14-10-17(12-20(26-14)22(23,24)25)11-16-4-3-7-28(13-16)15(2)18-5-6-19-21(27-18)30-9-8-29-19/h5-6,10,12,15-16H,3-4,7-9,11,13H2,1-2H3/t15?,16-/m1/s1. The van der Waals surface area contributed by atoms with E-state index in [1.54, 1.807) is 13.0 Å². The van der Waals surface area contributed by atoms with Crippen molar-refractivity contribution in [1.82, 2.24) is 14.9 Å². The lowest BCUT2D eigenvalue weighted by Gasteiger charge is -2.37. The van der Waals surface area contributed by atoms with Crippen molar-refractivity contribution in [3.8, 4) is 11.6 Å². The van der Waals surface area contributed by atoms with E-state index in [0.717, 1.165) is 31.6 Å². The Morgan fingerprint density at radius 2 is 1.97 bits per heavy atom. The maximum Gasteiger partial charge on any atom is 0.433 e. The lowest BCUT2D eigenvalue weighted by molar-refractivity contribution is -0.141. The van der Waals surface area contributed by atoms with E-state index in [0.29, 0.717) is 48.4 Å². The molecule has 8 heteroatoms. The molecule has 0 aliphatic carbocycles. The maximum atomic E-state index is 13.1. The third-order valence-electron chi connectivity index (χ3n) is 5.78. The van der Waals surface area contributed by atoms with Crippen molar-refractivity contribution in [2.75, 3.05) is 26.3 Å². The summed E-state index contributed by atoms with van der Waals surface area (Å²) >= 11 is 0. The zero-order valence-corrected chi connectivity index (χ0v) is 17.2. The second-order valence-corrected chi connectivity index (χ2v) is 8.12. The molecule has 0 amide bonds. The second kappa shape index (κ2) is 8.41. The van der Waals surface area contributed by atoms with Gasteiger partial charge in [0.05, 0.1) is 5.69 Å². The van der Waals surface area contributed by atoms with Gasteiger partial charge in [-0.1, -0.05) is 0 Å². The minimum atomic E-state index is -4.42. The van der Waals surface area contributed by atoms with Crippen molar-refractivity contribution in [2.24, 2.45) is 5.92 Å². The molecule has 2 aromatic rings. The number of rotatable bonds is 4. The number of piperidine rings is 1. The summed E-state index contributed by atoms with van der Waals surface area (Å²) in [7, 11) is 0. The second-order valence-electron chi connectivity index (χ2n) is 8.12. The fraction of sp³-hybridized carbons (Fsp3) is 0.545. The molecule has 2 aliphatic heterocycles. The average molecular weight is 421 g/mol. The Hall–Kier alpha value is -2.35. The van der Waals surface area contributed by atoms with E-state index >= 15 is 0 Å². The summed E-state index contributed by atoms with van der Waals surface area (Å²) in [6.07, 6.45) is -1.79. The van der Waals surface area contributed by atoms with Crippen LogP contribution >= 0.6 is 0 Å². The van der Waals surface area contributed by atoms with Crippen LogP contribution in [0.3, 0.4) is 0 Å². The molecule has 5 nitrogen and oxygen atoms in total. The predicted octanol–water partition coefficient (Wildman–Crippen LogP) is 4.59. The quantitative estimate of drug-likeness (QED) is 0.723. The van der Waals surface area contributed by atoms with Gasteiger partial charge in [-0.25, -0.2) is 9.97 Å². The highest BCUT2D eigenvalue weighted by Crippen LogP contribution is 2.33. The topological polar surface area (TPSA) is 47.5 Å². The van der Waals surface area contributed by atoms with E-state index < -0.39 is 11.9 Å². The third kappa shape index (κ3) is 4.69. The molecule has 162 valence electrons. The number of fused-ring (bicyclic) bond motifs is 1. The molecule has 2 atom stereocenters. The van der Waals surface area contributed by atoms with Crippen LogP contribution in [0.4, 0.5) is 13.2 Å². The van der Waals surface area contributed by atoms with Crippen LogP contribution in [0.5, 0.6) is 11.6 Å². The van der Waals surface area contributed by atoms with Crippen molar-refractivity contribution in [3.63, 3.8) is 0 Å².